The molecule has 6 nitrogen and oxygen atoms in total. The van der Waals surface area contributed by atoms with Crippen molar-refractivity contribution in [1.82, 2.24) is 19.9 Å². The van der Waals surface area contributed by atoms with E-state index in [4.69, 9.17) is 9.47 Å². The third-order valence-corrected chi connectivity index (χ3v) is 6.53. The van der Waals surface area contributed by atoms with Gasteiger partial charge in [0.2, 0.25) is 0 Å². The Kier molecular flexibility index (Phi) is 4.24. The number of halogens is 2. The van der Waals surface area contributed by atoms with E-state index in [1.165, 1.54) is 12.1 Å². The lowest BCUT2D eigenvalue weighted by molar-refractivity contribution is -0.192. The fourth-order valence-electron chi connectivity index (χ4n) is 4.68. The van der Waals surface area contributed by atoms with Crippen molar-refractivity contribution in [2.24, 2.45) is 5.41 Å². The van der Waals surface area contributed by atoms with E-state index < -0.39 is 11.6 Å². The molecule has 2 atom stereocenters. The zero-order chi connectivity index (χ0) is 21.0. The molecule has 8 heteroatoms. The average molecular weight is 422 g/mol. The highest BCUT2D eigenvalue weighted by Gasteiger charge is 2.51. The van der Waals surface area contributed by atoms with Gasteiger partial charge in [-0.15, -0.1) is 0 Å². The molecule has 1 aliphatic heterocycles. The minimum atomic E-state index is -0.640. The van der Waals surface area contributed by atoms with E-state index in [9.17, 15) is 8.78 Å². The van der Waals surface area contributed by atoms with E-state index in [-0.39, 0.29) is 29.1 Å². The van der Waals surface area contributed by atoms with Crippen LogP contribution in [0.25, 0.3) is 11.6 Å². The van der Waals surface area contributed by atoms with Gasteiger partial charge in [0.25, 0.3) is 0 Å². The second-order valence-electron chi connectivity index (χ2n) is 8.82. The lowest BCUT2D eigenvalue weighted by Crippen LogP contribution is -2.56. The summed E-state index contributed by atoms with van der Waals surface area (Å²) in [5.74, 6) is -0.453. The molecule has 6 rings (SSSR count). The van der Waals surface area contributed by atoms with Gasteiger partial charge in [0.1, 0.15) is 6.10 Å². The Bertz CT molecular complexity index is 1090. The van der Waals surface area contributed by atoms with E-state index in [2.05, 4.69) is 19.9 Å². The summed E-state index contributed by atoms with van der Waals surface area (Å²) in [6.45, 7) is 1.45. The molecular weight excluding hydrogens is 402 g/mol. The van der Waals surface area contributed by atoms with Gasteiger partial charge in [0, 0.05) is 30.2 Å². The van der Waals surface area contributed by atoms with Crippen LogP contribution in [0.2, 0.25) is 0 Å². The van der Waals surface area contributed by atoms with Crippen LogP contribution in [-0.4, -0.2) is 39.3 Å². The summed E-state index contributed by atoms with van der Waals surface area (Å²) >= 11 is 0. The van der Waals surface area contributed by atoms with Gasteiger partial charge in [0.15, 0.2) is 29.0 Å². The fourth-order valence-corrected chi connectivity index (χ4v) is 4.68. The van der Waals surface area contributed by atoms with Crippen LogP contribution in [0.1, 0.15) is 42.2 Å². The van der Waals surface area contributed by atoms with Crippen molar-refractivity contribution in [3.63, 3.8) is 0 Å². The second-order valence-corrected chi connectivity index (χ2v) is 8.82. The largest absolute Gasteiger partial charge is 0.484 e. The third kappa shape index (κ3) is 3.35. The van der Waals surface area contributed by atoms with Crippen molar-refractivity contribution < 1.29 is 18.3 Å². The van der Waals surface area contributed by atoms with Gasteiger partial charge in [-0.1, -0.05) is 0 Å². The average Bonchev–Trinajstić information content (AvgIpc) is 3.52. The number of rotatable bonds is 5. The van der Waals surface area contributed by atoms with Gasteiger partial charge >= 0.3 is 0 Å². The molecule has 158 valence electrons. The zero-order valence-corrected chi connectivity index (χ0v) is 16.7. The van der Waals surface area contributed by atoms with E-state index in [0.717, 1.165) is 38.0 Å². The smallest absolute Gasteiger partial charge is 0.197 e. The first-order valence-electron chi connectivity index (χ1n) is 10.4. The molecule has 0 radical (unpaired) electrons. The molecule has 0 amide bonds. The normalized spacial score (nSPS) is 23.8. The van der Waals surface area contributed by atoms with Crippen LogP contribution in [0.5, 0.6) is 5.75 Å². The molecule has 1 spiro atoms. The van der Waals surface area contributed by atoms with Crippen LogP contribution >= 0.6 is 0 Å². The van der Waals surface area contributed by atoms with Crippen molar-refractivity contribution in [1.29, 1.82) is 0 Å². The zero-order valence-electron chi connectivity index (χ0n) is 16.7. The predicted octanol–water partition coefficient (Wildman–Crippen LogP) is 4.04. The molecule has 3 fully saturated rings. The molecule has 0 bridgehead atoms. The van der Waals surface area contributed by atoms with E-state index in [1.54, 1.807) is 30.9 Å². The second kappa shape index (κ2) is 7.02. The SMILES string of the molecule is Fc1cc(C2CC2c2cnc(-c3ncccn3)nc2)cc(F)c1OC1CC2(COC2)C1. The van der Waals surface area contributed by atoms with Crippen molar-refractivity contribution in [3.8, 4) is 17.4 Å². The Hall–Kier alpha value is -3.00. The molecule has 2 aliphatic carbocycles. The summed E-state index contributed by atoms with van der Waals surface area (Å²) < 4.78 is 40.2. The molecule has 31 heavy (non-hydrogen) atoms. The molecule has 3 aromatic rings. The maximum absolute atomic E-state index is 14.7. The summed E-state index contributed by atoms with van der Waals surface area (Å²) in [6, 6.07) is 4.53. The third-order valence-electron chi connectivity index (χ3n) is 6.53. The van der Waals surface area contributed by atoms with Crippen LogP contribution in [0.3, 0.4) is 0 Å². The maximum atomic E-state index is 14.7. The molecule has 1 aromatic carbocycles. The molecular formula is C23H20F2N4O2. The van der Waals surface area contributed by atoms with Gasteiger partial charge in [-0.2, -0.15) is 0 Å². The predicted molar refractivity (Wildman–Crippen MR) is 106 cm³/mol. The first kappa shape index (κ1) is 18.7. The minimum absolute atomic E-state index is 0.0413. The van der Waals surface area contributed by atoms with Gasteiger partial charge in [-0.25, -0.2) is 28.7 Å². The van der Waals surface area contributed by atoms with Crippen molar-refractivity contribution in [2.75, 3.05) is 13.2 Å². The Labute approximate surface area is 177 Å². The molecule has 2 saturated carbocycles. The molecule has 3 heterocycles. The lowest BCUT2D eigenvalue weighted by atomic mass is 9.65. The van der Waals surface area contributed by atoms with Crippen LogP contribution < -0.4 is 4.74 Å². The molecule has 1 saturated heterocycles. The van der Waals surface area contributed by atoms with Crippen LogP contribution in [0, 0.1) is 17.0 Å². The number of nitrogens with zero attached hydrogens (tertiary/aromatic N) is 4. The highest BCUT2D eigenvalue weighted by atomic mass is 19.1. The number of hydrogen-bond donors (Lipinski definition) is 0. The topological polar surface area (TPSA) is 70.0 Å². The quantitative estimate of drug-likeness (QED) is 0.618. The summed E-state index contributed by atoms with van der Waals surface area (Å²) in [5.41, 5.74) is 1.76. The fraction of sp³-hybridized carbons (Fsp3) is 0.391. The Morgan fingerprint density at radius 3 is 2.10 bits per heavy atom. The Morgan fingerprint density at radius 2 is 1.48 bits per heavy atom. The van der Waals surface area contributed by atoms with Gasteiger partial charge in [-0.3, -0.25) is 0 Å². The number of benzene rings is 1. The standard InChI is InChI=1S/C23H20F2N4O2/c24-18-4-13(5-19(25)20(18)31-15-7-23(8-15)11-30-12-23)16-6-17(16)14-9-28-22(29-10-14)21-26-2-1-3-27-21/h1-5,9-10,15-17H,6-8,11-12H2. The van der Waals surface area contributed by atoms with E-state index >= 15 is 0 Å². The van der Waals surface area contributed by atoms with Crippen molar-refractivity contribution in [2.45, 2.75) is 37.2 Å². The molecule has 3 aliphatic rings. The van der Waals surface area contributed by atoms with Crippen LogP contribution in [0.15, 0.2) is 43.0 Å². The maximum Gasteiger partial charge on any atom is 0.197 e. The number of hydrogen-bond acceptors (Lipinski definition) is 6. The van der Waals surface area contributed by atoms with Crippen molar-refractivity contribution >= 4 is 0 Å². The lowest BCUT2D eigenvalue weighted by Gasteiger charge is -2.52. The highest BCUT2D eigenvalue weighted by molar-refractivity contribution is 5.44. The molecule has 2 unspecified atom stereocenters. The van der Waals surface area contributed by atoms with Gasteiger partial charge in [0.05, 0.1) is 13.2 Å². The monoisotopic (exact) mass is 422 g/mol. The van der Waals surface area contributed by atoms with Crippen LogP contribution in [0.4, 0.5) is 8.78 Å². The Balaban J connectivity index is 1.14. The van der Waals surface area contributed by atoms with E-state index in [1.807, 2.05) is 0 Å². The summed E-state index contributed by atoms with van der Waals surface area (Å²) in [7, 11) is 0. The van der Waals surface area contributed by atoms with Gasteiger partial charge in [-0.05, 0) is 60.4 Å². The number of ether oxygens (including phenoxy) is 2. The minimum Gasteiger partial charge on any atom is -0.484 e. The first-order chi connectivity index (χ1) is 15.1. The molecule has 0 N–H and O–H groups in total. The Morgan fingerprint density at radius 1 is 0.871 bits per heavy atom. The summed E-state index contributed by atoms with van der Waals surface area (Å²) in [6.07, 6.45) is 9.00. The summed E-state index contributed by atoms with van der Waals surface area (Å²) in [4.78, 5) is 17.0. The first-order valence-corrected chi connectivity index (χ1v) is 10.4. The highest BCUT2D eigenvalue weighted by Crippen LogP contribution is 2.55. The number of aromatic nitrogens is 4. The van der Waals surface area contributed by atoms with Gasteiger partial charge < -0.3 is 9.47 Å². The summed E-state index contributed by atoms with van der Waals surface area (Å²) in [5, 5.41) is 0. The molecule has 2 aromatic heterocycles. The van der Waals surface area contributed by atoms with E-state index in [0.29, 0.717) is 17.2 Å². The van der Waals surface area contributed by atoms with Crippen molar-refractivity contribution in [3.05, 3.63) is 65.7 Å². The van der Waals surface area contributed by atoms with Crippen LogP contribution in [-0.2, 0) is 4.74 Å².